The van der Waals surface area contributed by atoms with Crippen molar-refractivity contribution in [2.75, 3.05) is 31.8 Å². The van der Waals surface area contributed by atoms with Gasteiger partial charge in [-0.25, -0.2) is 9.18 Å². The zero-order valence-corrected chi connectivity index (χ0v) is 19.9. The fourth-order valence-electron chi connectivity index (χ4n) is 4.30. The average Bonchev–Trinajstić information content (AvgIpc) is 3.31. The highest BCUT2D eigenvalue weighted by molar-refractivity contribution is 6.00. The third-order valence-corrected chi connectivity index (χ3v) is 6.24. The van der Waals surface area contributed by atoms with Crippen molar-refractivity contribution in [3.05, 3.63) is 71.8 Å². The van der Waals surface area contributed by atoms with Crippen LogP contribution in [0.1, 0.15) is 24.0 Å². The van der Waals surface area contributed by atoms with Crippen molar-refractivity contribution in [2.45, 2.75) is 31.4 Å². The van der Waals surface area contributed by atoms with Gasteiger partial charge in [-0.2, -0.15) is 9.78 Å². The molecule has 0 unspecified atom stereocenters. The van der Waals surface area contributed by atoms with Crippen LogP contribution in [-0.4, -0.2) is 60.7 Å². The first kappa shape index (κ1) is 23.8. The fourth-order valence-corrected chi connectivity index (χ4v) is 4.30. The van der Waals surface area contributed by atoms with Crippen molar-refractivity contribution in [1.29, 1.82) is 0 Å². The number of hydrogen-bond acceptors (Lipinski definition) is 6. The van der Waals surface area contributed by atoms with Crippen LogP contribution in [0.4, 0.5) is 14.9 Å². The smallest absolute Gasteiger partial charge is 0.342 e. The largest absolute Gasteiger partial charge is 0.490 e. The van der Waals surface area contributed by atoms with E-state index in [0.717, 1.165) is 28.7 Å². The topological polar surface area (TPSA) is 94.9 Å². The maximum absolute atomic E-state index is 13.4. The predicted octanol–water partition coefficient (Wildman–Crippen LogP) is 3.15. The molecule has 1 atom stereocenters. The van der Waals surface area contributed by atoms with Crippen molar-refractivity contribution in [2.24, 2.45) is 0 Å². The molecule has 188 valence electrons. The first-order valence-electron chi connectivity index (χ1n) is 11.8. The molecule has 0 saturated carbocycles. The first-order chi connectivity index (χ1) is 17.5. The fraction of sp³-hybridized carbons (Fsp3) is 0.346. The van der Waals surface area contributed by atoms with Crippen LogP contribution in [0.2, 0.25) is 0 Å². The second kappa shape index (κ2) is 10.4. The van der Waals surface area contributed by atoms with Gasteiger partial charge in [0.15, 0.2) is 0 Å². The molecule has 2 aliphatic heterocycles. The number of carbonyl (C=O) groups excluding carboxylic acids is 2. The SMILES string of the molecule is CN1C(=O)[C@@H](NC(=O)n2cc(Cc3cccc(F)c3)cn2)COc2ccc(OC3CCOCC3)cc21. The van der Waals surface area contributed by atoms with E-state index in [1.165, 1.54) is 23.2 Å². The Balaban J connectivity index is 1.24. The molecular formula is C26H27FN4O5. The van der Waals surface area contributed by atoms with Gasteiger partial charge in [0, 0.05) is 38.6 Å². The number of nitrogens with zero attached hydrogens (tertiary/aromatic N) is 3. The Morgan fingerprint density at radius 3 is 2.83 bits per heavy atom. The summed E-state index contributed by atoms with van der Waals surface area (Å²) >= 11 is 0. The molecule has 5 rings (SSSR count). The molecule has 2 amide bonds. The Morgan fingerprint density at radius 2 is 2.03 bits per heavy atom. The van der Waals surface area contributed by atoms with E-state index in [4.69, 9.17) is 14.2 Å². The summed E-state index contributed by atoms with van der Waals surface area (Å²) < 4.78 is 31.9. The summed E-state index contributed by atoms with van der Waals surface area (Å²) in [6.45, 7) is 1.31. The minimum Gasteiger partial charge on any atom is -0.490 e. The second-order valence-corrected chi connectivity index (χ2v) is 8.87. The highest BCUT2D eigenvalue weighted by atomic mass is 19.1. The summed E-state index contributed by atoms with van der Waals surface area (Å²) in [5.74, 6) is 0.529. The van der Waals surface area contributed by atoms with E-state index in [1.807, 2.05) is 6.07 Å². The number of hydrogen-bond donors (Lipinski definition) is 1. The van der Waals surface area contributed by atoms with Crippen LogP contribution in [0.25, 0.3) is 0 Å². The molecule has 9 nitrogen and oxygen atoms in total. The van der Waals surface area contributed by atoms with E-state index in [0.29, 0.717) is 36.8 Å². The van der Waals surface area contributed by atoms with Crippen LogP contribution < -0.4 is 19.7 Å². The summed E-state index contributed by atoms with van der Waals surface area (Å²) in [4.78, 5) is 27.4. The number of carbonyl (C=O) groups is 2. The Labute approximate surface area is 207 Å². The second-order valence-electron chi connectivity index (χ2n) is 8.87. The van der Waals surface area contributed by atoms with Crippen molar-refractivity contribution in [1.82, 2.24) is 15.1 Å². The molecule has 10 heteroatoms. The number of amides is 2. The highest BCUT2D eigenvalue weighted by Crippen LogP contribution is 2.35. The number of ether oxygens (including phenoxy) is 3. The number of likely N-dealkylation sites (N-methyl/N-ethyl adjacent to an activating group) is 1. The lowest BCUT2D eigenvalue weighted by Crippen LogP contribution is -2.50. The first-order valence-corrected chi connectivity index (χ1v) is 11.8. The van der Waals surface area contributed by atoms with Crippen molar-refractivity contribution in [3.63, 3.8) is 0 Å². The van der Waals surface area contributed by atoms with Crippen LogP contribution in [0.5, 0.6) is 11.5 Å². The molecule has 1 N–H and O–H groups in total. The molecule has 1 aromatic heterocycles. The van der Waals surface area contributed by atoms with Crippen LogP contribution >= 0.6 is 0 Å². The molecule has 2 aromatic carbocycles. The number of rotatable bonds is 5. The van der Waals surface area contributed by atoms with Crippen LogP contribution in [0.15, 0.2) is 54.9 Å². The van der Waals surface area contributed by atoms with E-state index < -0.39 is 12.1 Å². The summed E-state index contributed by atoms with van der Waals surface area (Å²) in [6.07, 6.45) is 5.21. The van der Waals surface area contributed by atoms with E-state index in [9.17, 15) is 14.0 Å². The molecule has 0 radical (unpaired) electrons. The van der Waals surface area contributed by atoms with Gasteiger partial charge < -0.3 is 24.4 Å². The number of benzene rings is 2. The highest BCUT2D eigenvalue weighted by Gasteiger charge is 2.31. The quantitative estimate of drug-likeness (QED) is 0.586. The van der Waals surface area contributed by atoms with Gasteiger partial charge in [-0.15, -0.1) is 0 Å². The molecule has 0 spiro atoms. The summed E-state index contributed by atoms with van der Waals surface area (Å²) in [5.41, 5.74) is 2.07. The van der Waals surface area contributed by atoms with Crippen LogP contribution in [-0.2, 0) is 16.0 Å². The lowest BCUT2D eigenvalue weighted by Gasteiger charge is -2.24. The molecule has 0 aliphatic carbocycles. The van der Waals surface area contributed by atoms with Crippen molar-refractivity contribution < 1.29 is 28.2 Å². The van der Waals surface area contributed by atoms with Crippen molar-refractivity contribution in [3.8, 4) is 11.5 Å². The van der Waals surface area contributed by atoms with Crippen LogP contribution in [0, 0.1) is 5.82 Å². The number of fused-ring (bicyclic) bond motifs is 1. The minimum atomic E-state index is -0.911. The summed E-state index contributed by atoms with van der Waals surface area (Å²) in [6, 6.07) is 10.1. The Bertz CT molecular complexity index is 1260. The monoisotopic (exact) mass is 494 g/mol. The maximum atomic E-state index is 13.4. The van der Waals surface area contributed by atoms with Gasteiger partial charge in [0.2, 0.25) is 0 Å². The molecule has 1 fully saturated rings. The van der Waals surface area contributed by atoms with Gasteiger partial charge in [0.25, 0.3) is 5.91 Å². The zero-order valence-electron chi connectivity index (χ0n) is 19.9. The minimum absolute atomic E-state index is 0.0283. The van der Waals surface area contributed by atoms with E-state index in [2.05, 4.69) is 10.4 Å². The molecular weight excluding hydrogens is 467 g/mol. The third-order valence-electron chi connectivity index (χ3n) is 6.24. The normalized spacial score (nSPS) is 18.2. The molecule has 1 saturated heterocycles. The standard InChI is InChI=1S/C26H27FN4O5/c1-30-23-13-21(36-20-7-9-34-10-8-20)5-6-24(23)35-16-22(25(30)32)29-26(33)31-15-18(14-28-31)11-17-3-2-4-19(27)12-17/h2-6,12-15,20,22H,7-11,16H2,1H3,(H,29,33)/t22-/m0/s1. The number of halogens is 1. The van der Waals surface area contributed by atoms with Crippen LogP contribution in [0.3, 0.4) is 0 Å². The summed E-state index contributed by atoms with van der Waals surface area (Å²) in [5, 5.41) is 6.79. The average molecular weight is 495 g/mol. The molecule has 0 bridgehead atoms. The molecule has 3 aromatic rings. The van der Waals surface area contributed by atoms with Gasteiger partial charge in [-0.3, -0.25) is 4.79 Å². The Morgan fingerprint density at radius 1 is 1.19 bits per heavy atom. The van der Waals surface area contributed by atoms with Gasteiger partial charge >= 0.3 is 6.03 Å². The van der Waals surface area contributed by atoms with E-state index >= 15 is 0 Å². The molecule has 3 heterocycles. The third kappa shape index (κ3) is 5.33. The Kier molecular flexibility index (Phi) is 6.86. The number of nitrogens with one attached hydrogen (secondary N) is 1. The van der Waals surface area contributed by atoms with Gasteiger partial charge in [0.1, 0.15) is 36.1 Å². The molecule has 2 aliphatic rings. The lowest BCUT2D eigenvalue weighted by atomic mass is 10.1. The molecule has 36 heavy (non-hydrogen) atoms. The number of aromatic nitrogens is 2. The Hall–Kier alpha value is -3.92. The zero-order chi connectivity index (χ0) is 25.1. The van der Waals surface area contributed by atoms with E-state index in [1.54, 1.807) is 37.5 Å². The van der Waals surface area contributed by atoms with Gasteiger partial charge in [0.05, 0.1) is 25.1 Å². The lowest BCUT2D eigenvalue weighted by molar-refractivity contribution is -0.120. The number of anilines is 1. The van der Waals surface area contributed by atoms with Gasteiger partial charge in [-0.05, 0) is 35.4 Å². The van der Waals surface area contributed by atoms with E-state index in [-0.39, 0.29) is 24.4 Å². The maximum Gasteiger partial charge on any atom is 0.342 e. The predicted molar refractivity (Wildman–Crippen MR) is 129 cm³/mol. The van der Waals surface area contributed by atoms with Gasteiger partial charge in [-0.1, -0.05) is 12.1 Å². The summed E-state index contributed by atoms with van der Waals surface area (Å²) in [7, 11) is 1.64. The van der Waals surface area contributed by atoms with Crippen molar-refractivity contribution >= 4 is 17.6 Å².